The first-order valence-electron chi connectivity index (χ1n) is 5.74. The Morgan fingerprint density at radius 3 is 2.32 bits per heavy atom. The highest BCUT2D eigenvalue weighted by molar-refractivity contribution is 9.10. The van der Waals surface area contributed by atoms with E-state index in [1.807, 2.05) is 24.3 Å². The third-order valence-electron chi connectivity index (χ3n) is 3.07. The molecule has 4 amide bonds. The van der Waals surface area contributed by atoms with Gasteiger partial charge in [-0.2, -0.15) is 0 Å². The fraction of sp³-hybridized carbons (Fsp3) is 0.308. The average Bonchev–Trinajstić information content (AvgIpc) is 2.35. The maximum absolute atomic E-state index is 12.2. The monoisotopic (exact) mass is 324 g/mol. The molecule has 0 atom stereocenters. The van der Waals surface area contributed by atoms with Gasteiger partial charge in [0.15, 0.2) is 0 Å². The summed E-state index contributed by atoms with van der Waals surface area (Å²) in [5.74, 6) is -1.04. The van der Waals surface area contributed by atoms with Crippen molar-refractivity contribution >= 4 is 33.8 Å². The number of barbiturate groups is 1. The van der Waals surface area contributed by atoms with E-state index >= 15 is 0 Å². The van der Waals surface area contributed by atoms with Crippen LogP contribution in [0, 0.1) is 5.41 Å². The van der Waals surface area contributed by atoms with Crippen molar-refractivity contribution in [3.63, 3.8) is 0 Å². The van der Waals surface area contributed by atoms with Crippen molar-refractivity contribution in [1.29, 1.82) is 0 Å². The fourth-order valence-electron chi connectivity index (χ4n) is 1.76. The van der Waals surface area contributed by atoms with Crippen LogP contribution in [0.15, 0.2) is 28.7 Å². The van der Waals surface area contributed by atoms with Gasteiger partial charge >= 0.3 is 6.03 Å². The van der Waals surface area contributed by atoms with E-state index in [1.54, 1.807) is 0 Å². The standard InChI is InChI=1S/C13H13BrN2O3/c1-13(2)10(17)15-12(19)16(11(13)18)7-8-3-5-9(14)6-4-8/h3-6H,7H2,1-2H3,(H,15,17,19). The van der Waals surface area contributed by atoms with E-state index in [0.29, 0.717) is 0 Å². The van der Waals surface area contributed by atoms with Gasteiger partial charge in [-0.3, -0.25) is 19.8 Å². The van der Waals surface area contributed by atoms with Crippen molar-refractivity contribution in [2.75, 3.05) is 0 Å². The minimum Gasteiger partial charge on any atom is -0.277 e. The second kappa shape index (κ2) is 4.77. The zero-order valence-corrected chi connectivity index (χ0v) is 12.2. The Balaban J connectivity index is 2.24. The molecular formula is C13H13BrN2O3. The number of hydrogen-bond acceptors (Lipinski definition) is 3. The van der Waals surface area contributed by atoms with E-state index in [4.69, 9.17) is 0 Å². The van der Waals surface area contributed by atoms with Gasteiger partial charge in [0, 0.05) is 4.47 Å². The molecule has 1 aliphatic rings. The maximum atomic E-state index is 12.2. The molecule has 19 heavy (non-hydrogen) atoms. The number of urea groups is 1. The van der Waals surface area contributed by atoms with E-state index < -0.39 is 23.3 Å². The van der Waals surface area contributed by atoms with Gasteiger partial charge in [0.2, 0.25) is 11.8 Å². The number of benzene rings is 1. The first-order valence-corrected chi connectivity index (χ1v) is 6.53. The Kier molecular flexibility index (Phi) is 3.45. The van der Waals surface area contributed by atoms with Crippen LogP contribution in [0.2, 0.25) is 0 Å². The third kappa shape index (κ3) is 2.53. The SMILES string of the molecule is CC1(C)C(=O)NC(=O)N(Cc2ccc(Br)cc2)C1=O. The highest BCUT2D eigenvalue weighted by Crippen LogP contribution is 2.25. The van der Waals surface area contributed by atoms with Crippen LogP contribution >= 0.6 is 15.9 Å². The van der Waals surface area contributed by atoms with Crippen LogP contribution in [0.4, 0.5) is 4.79 Å². The minimum atomic E-state index is -1.22. The molecule has 0 bridgehead atoms. The Hall–Kier alpha value is -1.69. The molecule has 1 N–H and O–H groups in total. The Labute approximate surface area is 119 Å². The molecule has 5 nitrogen and oxygen atoms in total. The summed E-state index contributed by atoms with van der Waals surface area (Å²) in [6, 6.07) is 6.62. The van der Waals surface area contributed by atoms with Crippen molar-refractivity contribution in [2.24, 2.45) is 5.41 Å². The van der Waals surface area contributed by atoms with E-state index in [2.05, 4.69) is 21.2 Å². The molecule has 2 rings (SSSR count). The molecule has 1 aromatic carbocycles. The summed E-state index contributed by atoms with van der Waals surface area (Å²) in [7, 11) is 0. The Morgan fingerprint density at radius 1 is 1.16 bits per heavy atom. The number of nitrogens with one attached hydrogen (secondary N) is 1. The first-order chi connectivity index (χ1) is 8.82. The number of rotatable bonds is 2. The molecule has 1 heterocycles. The van der Waals surface area contributed by atoms with Gasteiger partial charge in [-0.05, 0) is 31.5 Å². The molecule has 0 unspecified atom stereocenters. The third-order valence-corrected chi connectivity index (χ3v) is 3.60. The molecule has 1 aliphatic heterocycles. The van der Waals surface area contributed by atoms with Crippen LogP contribution in [0.25, 0.3) is 0 Å². The number of amides is 4. The summed E-state index contributed by atoms with van der Waals surface area (Å²) >= 11 is 3.32. The summed E-state index contributed by atoms with van der Waals surface area (Å²) in [6.45, 7) is 3.16. The lowest BCUT2D eigenvalue weighted by Crippen LogP contribution is -2.61. The minimum absolute atomic E-state index is 0.147. The Bertz CT molecular complexity index is 552. The summed E-state index contributed by atoms with van der Waals surface area (Å²) in [4.78, 5) is 36.6. The molecule has 0 spiro atoms. The summed E-state index contributed by atoms with van der Waals surface area (Å²) in [6.07, 6.45) is 0. The lowest BCUT2D eigenvalue weighted by molar-refractivity contribution is -0.149. The number of nitrogens with zero attached hydrogens (tertiary/aromatic N) is 1. The maximum Gasteiger partial charge on any atom is 0.331 e. The lowest BCUT2D eigenvalue weighted by Gasteiger charge is -2.34. The highest BCUT2D eigenvalue weighted by atomic mass is 79.9. The van der Waals surface area contributed by atoms with E-state index in [1.165, 1.54) is 13.8 Å². The largest absolute Gasteiger partial charge is 0.331 e. The molecule has 1 saturated heterocycles. The summed E-state index contributed by atoms with van der Waals surface area (Å²) in [5, 5.41) is 2.20. The smallest absolute Gasteiger partial charge is 0.277 e. The van der Waals surface area contributed by atoms with Crippen molar-refractivity contribution in [3.8, 4) is 0 Å². The van der Waals surface area contributed by atoms with E-state index in [0.717, 1.165) is 14.9 Å². The first kappa shape index (κ1) is 13.7. The molecule has 0 saturated carbocycles. The van der Waals surface area contributed by atoms with Gasteiger partial charge in [0.25, 0.3) is 0 Å². The molecule has 1 aromatic rings. The van der Waals surface area contributed by atoms with Gasteiger partial charge in [-0.15, -0.1) is 0 Å². The second-order valence-electron chi connectivity index (χ2n) is 4.90. The molecular weight excluding hydrogens is 312 g/mol. The van der Waals surface area contributed by atoms with Gasteiger partial charge in [0.1, 0.15) is 5.41 Å². The molecule has 6 heteroatoms. The number of carbonyl (C=O) groups excluding carboxylic acids is 3. The number of hydrogen-bond donors (Lipinski definition) is 1. The highest BCUT2D eigenvalue weighted by Gasteiger charge is 2.46. The summed E-state index contributed by atoms with van der Waals surface area (Å²) < 4.78 is 0.918. The molecule has 0 aliphatic carbocycles. The van der Waals surface area contributed by atoms with Gasteiger partial charge in [-0.25, -0.2) is 4.79 Å². The van der Waals surface area contributed by atoms with Crippen LogP contribution in [-0.4, -0.2) is 22.7 Å². The van der Waals surface area contributed by atoms with Crippen LogP contribution in [0.5, 0.6) is 0 Å². The number of carbonyl (C=O) groups is 3. The Morgan fingerprint density at radius 2 is 1.74 bits per heavy atom. The quantitative estimate of drug-likeness (QED) is 0.847. The van der Waals surface area contributed by atoms with E-state index in [9.17, 15) is 14.4 Å². The predicted octanol–water partition coefficient (Wildman–Crippen LogP) is 2.05. The average molecular weight is 325 g/mol. The number of halogens is 1. The van der Waals surface area contributed by atoms with Gasteiger partial charge in [-0.1, -0.05) is 28.1 Å². The topological polar surface area (TPSA) is 66.5 Å². The fourth-order valence-corrected chi connectivity index (χ4v) is 2.03. The second-order valence-corrected chi connectivity index (χ2v) is 5.82. The van der Waals surface area contributed by atoms with Crippen LogP contribution in [0.1, 0.15) is 19.4 Å². The van der Waals surface area contributed by atoms with Gasteiger partial charge in [0.05, 0.1) is 6.54 Å². The summed E-state index contributed by atoms with van der Waals surface area (Å²) in [5.41, 5.74) is -0.402. The molecule has 0 radical (unpaired) electrons. The van der Waals surface area contributed by atoms with E-state index in [-0.39, 0.29) is 6.54 Å². The van der Waals surface area contributed by atoms with Gasteiger partial charge < -0.3 is 0 Å². The van der Waals surface area contributed by atoms with Crippen molar-refractivity contribution in [1.82, 2.24) is 10.2 Å². The molecule has 0 aromatic heterocycles. The zero-order valence-electron chi connectivity index (χ0n) is 10.6. The van der Waals surface area contributed by atoms with Crippen LogP contribution < -0.4 is 5.32 Å². The lowest BCUT2D eigenvalue weighted by atomic mass is 9.88. The van der Waals surface area contributed by atoms with Crippen molar-refractivity contribution in [3.05, 3.63) is 34.3 Å². The zero-order chi connectivity index (χ0) is 14.2. The number of imide groups is 2. The van der Waals surface area contributed by atoms with Crippen LogP contribution in [-0.2, 0) is 16.1 Å². The molecule has 1 fully saturated rings. The normalized spacial score (nSPS) is 18.5. The van der Waals surface area contributed by atoms with Crippen molar-refractivity contribution < 1.29 is 14.4 Å². The van der Waals surface area contributed by atoms with Crippen LogP contribution in [0.3, 0.4) is 0 Å². The predicted molar refractivity (Wildman–Crippen MR) is 72.0 cm³/mol. The molecule has 100 valence electrons. The van der Waals surface area contributed by atoms with Crippen molar-refractivity contribution in [2.45, 2.75) is 20.4 Å².